The molecular weight excluding hydrogens is 158 g/mol. The van der Waals surface area contributed by atoms with Gasteiger partial charge >= 0.3 is 5.97 Å². The highest BCUT2D eigenvalue weighted by Crippen LogP contribution is 2.12. The van der Waals surface area contributed by atoms with E-state index < -0.39 is 12.0 Å². The fourth-order valence-corrected chi connectivity index (χ4v) is 0.663. The Kier molecular flexibility index (Phi) is 3.63. The average Bonchev–Trinajstić information content (AvgIpc) is 1.60. The van der Waals surface area contributed by atoms with Crippen LogP contribution in [-0.2, 0) is 9.53 Å². The van der Waals surface area contributed by atoms with Gasteiger partial charge in [0.1, 0.15) is 6.04 Å². The van der Waals surface area contributed by atoms with Gasteiger partial charge in [-0.2, -0.15) is 0 Å². The van der Waals surface area contributed by atoms with E-state index in [2.05, 4.69) is 0 Å². The number of carbonyl (C=O) groups is 1. The topological polar surface area (TPSA) is 72.6 Å². The molecule has 1 aliphatic rings. The third-order valence-corrected chi connectivity index (χ3v) is 1.46. The van der Waals surface area contributed by atoms with E-state index in [1.54, 1.807) is 0 Å². The third kappa shape index (κ3) is 1.83. The van der Waals surface area contributed by atoms with E-state index in [1.165, 1.54) is 0 Å². The van der Waals surface area contributed by atoms with Gasteiger partial charge in [0.25, 0.3) is 0 Å². The molecule has 0 saturated carbocycles. The van der Waals surface area contributed by atoms with Gasteiger partial charge in [0.05, 0.1) is 13.2 Å². The Morgan fingerprint density at radius 1 is 1.70 bits per heavy atom. The van der Waals surface area contributed by atoms with Crippen LogP contribution in [0.2, 0.25) is 0 Å². The molecular formula is C5H10ClNO3. The van der Waals surface area contributed by atoms with Gasteiger partial charge in [0, 0.05) is 5.92 Å². The zero-order valence-corrected chi connectivity index (χ0v) is 6.13. The molecule has 5 heteroatoms. The van der Waals surface area contributed by atoms with Crippen molar-refractivity contribution in [3.63, 3.8) is 0 Å². The molecule has 1 atom stereocenters. The molecule has 10 heavy (non-hydrogen) atoms. The van der Waals surface area contributed by atoms with Crippen molar-refractivity contribution in [2.45, 2.75) is 6.04 Å². The van der Waals surface area contributed by atoms with Gasteiger partial charge < -0.3 is 15.6 Å². The predicted molar refractivity (Wildman–Crippen MR) is 37.2 cm³/mol. The average molecular weight is 168 g/mol. The molecule has 0 aliphatic carbocycles. The van der Waals surface area contributed by atoms with Gasteiger partial charge in [-0.15, -0.1) is 12.4 Å². The van der Waals surface area contributed by atoms with Crippen molar-refractivity contribution in [3.05, 3.63) is 0 Å². The van der Waals surface area contributed by atoms with Gasteiger partial charge in [-0.25, -0.2) is 0 Å². The highest BCUT2D eigenvalue weighted by molar-refractivity contribution is 5.85. The Labute approximate surface area is 64.8 Å². The first-order valence-corrected chi connectivity index (χ1v) is 2.78. The zero-order valence-electron chi connectivity index (χ0n) is 5.32. The number of ether oxygens (including phenoxy) is 1. The van der Waals surface area contributed by atoms with Crippen LogP contribution < -0.4 is 5.73 Å². The fraction of sp³-hybridized carbons (Fsp3) is 0.800. The summed E-state index contributed by atoms with van der Waals surface area (Å²) in [5.41, 5.74) is 5.24. The Morgan fingerprint density at radius 2 is 2.20 bits per heavy atom. The summed E-state index contributed by atoms with van der Waals surface area (Å²) in [6.07, 6.45) is 0. The standard InChI is InChI=1S/C5H9NO3.ClH/c6-4(5(7)8)3-1-9-2-3;/h3-4H,1-2,6H2,(H,7,8);1H. The molecule has 4 nitrogen and oxygen atoms in total. The maximum absolute atomic E-state index is 10.2. The molecule has 0 amide bonds. The normalized spacial score (nSPS) is 20.5. The number of nitrogens with two attached hydrogens (primary N) is 1. The Morgan fingerprint density at radius 3 is 2.30 bits per heavy atom. The first-order chi connectivity index (χ1) is 4.22. The van der Waals surface area contributed by atoms with E-state index in [9.17, 15) is 4.79 Å². The lowest BCUT2D eigenvalue weighted by Gasteiger charge is -2.28. The van der Waals surface area contributed by atoms with Crippen LogP contribution >= 0.6 is 12.4 Å². The van der Waals surface area contributed by atoms with Crippen molar-refractivity contribution < 1.29 is 14.6 Å². The van der Waals surface area contributed by atoms with Crippen LogP contribution in [0.15, 0.2) is 0 Å². The van der Waals surface area contributed by atoms with E-state index in [0.717, 1.165) is 0 Å². The summed E-state index contributed by atoms with van der Waals surface area (Å²) < 4.78 is 4.76. The minimum Gasteiger partial charge on any atom is -0.480 e. The molecule has 3 N–H and O–H groups in total. The number of rotatable bonds is 2. The Hall–Kier alpha value is -0.320. The largest absolute Gasteiger partial charge is 0.480 e. The molecule has 1 rings (SSSR count). The summed E-state index contributed by atoms with van der Waals surface area (Å²) >= 11 is 0. The van der Waals surface area contributed by atoms with E-state index in [4.69, 9.17) is 15.6 Å². The summed E-state index contributed by atoms with van der Waals surface area (Å²) in [4.78, 5) is 10.2. The number of carboxylic acid groups (broad SMARTS) is 1. The van der Waals surface area contributed by atoms with Gasteiger partial charge in [-0.05, 0) is 0 Å². The van der Waals surface area contributed by atoms with E-state index in [1.807, 2.05) is 0 Å². The van der Waals surface area contributed by atoms with Crippen LogP contribution in [0.3, 0.4) is 0 Å². The molecule has 1 aliphatic heterocycles. The number of hydrogen-bond donors (Lipinski definition) is 2. The second-order valence-corrected chi connectivity index (χ2v) is 2.16. The smallest absolute Gasteiger partial charge is 0.320 e. The molecule has 0 spiro atoms. The maximum atomic E-state index is 10.2. The number of halogens is 1. The number of carboxylic acids is 1. The van der Waals surface area contributed by atoms with Gasteiger partial charge in [-0.3, -0.25) is 4.79 Å². The maximum Gasteiger partial charge on any atom is 0.320 e. The van der Waals surface area contributed by atoms with Crippen molar-refractivity contribution >= 4 is 18.4 Å². The molecule has 1 saturated heterocycles. The van der Waals surface area contributed by atoms with Crippen LogP contribution in [0.5, 0.6) is 0 Å². The Balaban J connectivity index is 0.000000810. The summed E-state index contributed by atoms with van der Waals surface area (Å²) in [6, 6.07) is -0.737. The second kappa shape index (κ2) is 3.75. The molecule has 0 aromatic carbocycles. The van der Waals surface area contributed by atoms with Crippen molar-refractivity contribution in [1.82, 2.24) is 0 Å². The lowest BCUT2D eigenvalue weighted by atomic mass is 9.99. The molecule has 1 fully saturated rings. The lowest BCUT2D eigenvalue weighted by molar-refractivity contribution is -0.145. The predicted octanol–water partition coefficient (Wildman–Crippen LogP) is -0.534. The molecule has 0 radical (unpaired) electrons. The molecule has 1 heterocycles. The lowest BCUT2D eigenvalue weighted by Crippen LogP contribution is -2.47. The monoisotopic (exact) mass is 167 g/mol. The van der Waals surface area contributed by atoms with Crippen molar-refractivity contribution in [2.75, 3.05) is 13.2 Å². The van der Waals surface area contributed by atoms with Crippen LogP contribution in [0.4, 0.5) is 0 Å². The molecule has 1 unspecified atom stereocenters. The van der Waals surface area contributed by atoms with Crippen molar-refractivity contribution in [1.29, 1.82) is 0 Å². The van der Waals surface area contributed by atoms with Gasteiger partial charge in [-0.1, -0.05) is 0 Å². The summed E-state index contributed by atoms with van der Waals surface area (Å²) in [5.74, 6) is -0.911. The van der Waals surface area contributed by atoms with Crippen LogP contribution in [0.25, 0.3) is 0 Å². The molecule has 60 valence electrons. The van der Waals surface area contributed by atoms with E-state index in [-0.39, 0.29) is 18.3 Å². The van der Waals surface area contributed by atoms with Crippen LogP contribution in [0.1, 0.15) is 0 Å². The minimum atomic E-state index is -0.941. The summed E-state index contributed by atoms with van der Waals surface area (Å²) in [6.45, 7) is 0.987. The fourth-order valence-electron chi connectivity index (χ4n) is 0.663. The minimum absolute atomic E-state index is 0. The third-order valence-electron chi connectivity index (χ3n) is 1.46. The summed E-state index contributed by atoms with van der Waals surface area (Å²) in [5, 5.41) is 8.34. The van der Waals surface area contributed by atoms with Gasteiger partial charge in [0.15, 0.2) is 0 Å². The second-order valence-electron chi connectivity index (χ2n) is 2.16. The number of aliphatic carboxylic acids is 1. The highest BCUT2D eigenvalue weighted by atomic mass is 35.5. The van der Waals surface area contributed by atoms with Crippen LogP contribution in [0, 0.1) is 5.92 Å². The Bertz CT molecular complexity index is 126. The molecule has 0 aromatic heterocycles. The first kappa shape index (κ1) is 9.68. The van der Waals surface area contributed by atoms with E-state index in [0.29, 0.717) is 13.2 Å². The summed E-state index contributed by atoms with van der Waals surface area (Å²) in [7, 11) is 0. The SMILES string of the molecule is Cl.NC(C(=O)O)C1COC1. The van der Waals surface area contributed by atoms with Gasteiger partial charge in [0.2, 0.25) is 0 Å². The van der Waals surface area contributed by atoms with E-state index >= 15 is 0 Å². The molecule has 0 aromatic rings. The molecule has 0 bridgehead atoms. The van der Waals surface area contributed by atoms with Crippen LogP contribution in [-0.4, -0.2) is 30.3 Å². The highest BCUT2D eigenvalue weighted by Gasteiger charge is 2.30. The quantitative estimate of drug-likeness (QED) is 0.580. The van der Waals surface area contributed by atoms with Crippen molar-refractivity contribution in [2.24, 2.45) is 11.7 Å². The first-order valence-electron chi connectivity index (χ1n) is 2.78. The zero-order chi connectivity index (χ0) is 6.85. The van der Waals surface area contributed by atoms with Crippen molar-refractivity contribution in [3.8, 4) is 0 Å². The number of hydrogen-bond acceptors (Lipinski definition) is 3.